The minimum absolute atomic E-state index is 0.0481. The lowest BCUT2D eigenvalue weighted by Crippen LogP contribution is -2.39. The maximum Gasteiger partial charge on any atom is 0.258 e. The van der Waals surface area contributed by atoms with E-state index in [1.54, 1.807) is 6.21 Å². The van der Waals surface area contributed by atoms with Crippen LogP contribution in [0.5, 0.6) is 11.5 Å². The van der Waals surface area contributed by atoms with Gasteiger partial charge in [0.15, 0.2) is 18.1 Å². The van der Waals surface area contributed by atoms with Crippen molar-refractivity contribution in [2.24, 2.45) is 5.10 Å². The van der Waals surface area contributed by atoms with Crippen LogP contribution in [0.2, 0.25) is 0 Å². The lowest BCUT2D eigenvalue weighted by molar-refractivity contribution is -0.124. The minimum Gasteiger partial charge on any atom is -0.490 e. The largest absolute Gasteiger partial charge is 0.490 e. The molecule has 30 heavy (non-hydrogen) atoms. The number of anilines is 1. The molecule has 3 rings (SSSR count). The fraction of sp³-hybridized carbons (Fsp3) is 0.476. The lowest BCUT2D eigenvalue weighted by atomic mass is 9.95. The van der Waals surface area contributed by atoms with E-state index in [9.17, 15) is 4.79 Å². The predicted molar refractivity (Wildman–Crippen MR) is 124 cm³/mol. The van der Waals surface area contributed by atoms with Crippen molar-refractivity contribution in [3.05, 3.63) is 33.2 Å². The summed E-state index contributed by atoms with van der Waals surface area (Å²) >= 11 is 5.02. The van der Waals surface area contributed by atoms with Crippen molar-refractivity contribution in [2.45, 2.75) is 52.0 Å². The number of thiazole rings is 1. The van der Waals surface area contributed by atoms with E-state index >= 15 is 0 Å². The molecule has 1 saturated carbocycles. The van der Waals surface area contributed by atoms with Crippen LogP contribution < -0.4 is 20.2 Å². The first kappa shape index (κ1) is 22.6. The van der Waals surface area contributed by atoms with Gasteiger partial charge >= 0.3 is 0 Å². The summed E-state index contributed by atoms with van der Waals surface area (Å²) in [6.45, 7) is 4.27. The van der Waals surface area contributed by atoms with Crippen LogP contribution in [0.15, 0.2) is 27.1 Å². The second-order valence-electron chi connectivity index (χ2n) is 7.12. The number of hydrogen-bond donors (Lipinski definition) is 2. The third-order valence-electron chi connectivity index (χ3n) is 4.64. The zero-order chi connectivity index (χ0) is 21.3. The zero-order valence-corrected chi connectivity index (χ0v) is 19.6. The number of hydrogen-bond acceptors (Lipinski definition) is 7. The van der Waals surface area contributed by atoms with Crippen LogP contribution in [-0.2, 0) is 4.79 Å². The monoisotopic (exact) mass is 494 g/mol. The molecule has 2 aromatic rings. The van der Waals surface area contributed by atoms with Gasteiger partial charge in [-0.3, -0.25) is 10.2 Å². The van der Waals surface area contributed by atoms with E-state index in [4.69, 9.17) is 9.47 Å². The highest BCUT2D eigenvalue weighted by atomic mass is 79.9. The van der Waals surface area contributed by atoms with Crippen LogP contribution >= 0.6 is 27.3 Å². The number of hydrazone groups is 1. The van der Waals surface area contributed by atoms with Gasteiger partial charge in [0.25, 0.3) is 5.91 Å². The van der Waals surface area contributed by atoms with Crippen molar-refractivity contribution in [3.8, 4) is 11.5 Å². The third kappa shape index (κ3) is 6.70. The maximum absolute atomic E-state index is 12.3. The van der Waals surface area contributed by atoms with Crippen LogP contribution in [0.4, 0.5) is 5.13 Å². The number of rotatable bonds is 9. The molecule has 1 heterocycles. The highest BCUT2D eigenvalue weighted by Crippen LogP contribution is 2.36. The van der Waals surface area contributed by atoms with Gasteiger partial charge in [-0.25, -0.2) is 4.98 Å². The molecule has 9 heteroatoms. The highest BCUT2D eigenvalue weighted by Gasteiger charge is 2.18. The van der Waals surface area contributed by atoms with Gasteiger partial charge in [-0.1, -0.05) is 19.3 Å². The molecule has 1 fully saturated rings. The molecule has 0 spiro atoms. The Morgan fingerprint density at radius 3 is 2.83 bits per heavy atom. The molecule has 0 aliphatic heterocycles. The van der Waals surface area contributed by atoms with Crippen LogP contribution in [0.1, 0.15) is 50.3 Å². The number of amides is 1. The Balaban J connectivity index is 1.62. The van der Waals surface area contributed by atoms with Gasteiger partial charge in [-0.2, -0.15) is 5.10 Å². The average Bonchev–Trinajstić information content (AvgIpc) is 3.13. The highest BCUT2D eigenvalue weighted by molar-refractivity contribution is 9.10. The molecular weight excluding hydrogens is 468 g/mol. The topological polar surface area (TPSA) is 84.8 Å². The SMILES string of the molecule is CCOc1cc(C=NNc2nc(C)cs2)cc(Br)c1OCC(=O)NC1CCCCC1. The van der Waals surface area contributed by atoms with E-state index in [-0.39, 0.29) is 18.6 Å². The van der Waals surface area contributed by atoms with E-state index in [2.05, 4.69) is 36.8 Å². The van der Waals surface area contributed by atoms with Crippen molar-refractivity contribution in [1.29, 1.82) is 0 Å². The van der Waals surface area contributed by atoms with Crippen molar-refractivity contribution >= 4 is 44.5 Å². The summed E-state index contributed by atoms with van der Waals surface area (Å²) in [6.07, 6.45) is 7.37. The average molecular weight is 495 g/mol. The molecule has 0 bridgehead atoms. The summed E-state index contributed by atoms with van der Waals surface area (Å²) in [5.41, 5.74) is 4.69. The van der Waals surface area contributed by atoms with E-state index in [1.807, 2.05) is 31.4 Å². The van der Waals surface area contributed by atoms with Gasteiger partial charge in [0.05, 0.1) is 23.0 Å². The number of aryl methyl sites for hydroxylation is 1. The molecule has 162 valence electrons. The summed E-state index contributed by atoms with van der Waals surface area (Å²) in [6, 6.07) is 3.97. The second kappa shape index (κ2) is 11.3. The normalized spacial score (nSPS) is 14.6. The molecule has 0 saturated heterocycles. The van der Waals surface area contributed by atoms with E-state index in [1.165, 1.54) is 30.6 Å². The number of ether oxygens (including phenoxy) is 2. The Morgan fingerprint density at radius 1 is 1.33 bits per heavy atom. The van der Waals surface area contributed by atoms with Gasteiger partial charge in [0, 0.05) is 11.4 Å². The maximum atomic E-state index is 12.3. The lowest BCUT2D eigenvalue weighted by Gasteiger charge is -2.23. The van der Waals surface area contributed by atoms with Gasteiger partial charge in [-0.15, -0.1) is 11.3 Å². The number of aromatic nitrogens is 1. The first-order valence-corrected chi connectivity index (χ1v) is 11.8. The Bertz CT molecular complexity index is 881. The third-order valence-corrected chi connectivity index (χ3v) is 6.10. The molecule has 0 atom stereocenters. The van der Waals surface area contributed by atoms with Crippen LogP contribution in [-0.4, -0.2) is 36.4 Å². The summed E-state index contributed by atoms with van der Waals surface area (Å²) in [5, 5.41) is 9.98. The van der Waals surface area contributed by atoms with Gasteiger partial charge in [0.1, 0.15) is 0 Å². The van der Waals surface area contributed by atoms with E-state index in [0.717, 1.165) is 29.2 Å². The van der Waals surface area contributed by atoms with E-state index in [0.29, 0.717) is 22.6 Å². The molecule has 1 amide bonds. The number of nitrogens with one attached hydrogen (secondary N) is 2. The smallest absolute Gasteiger partial charge is 0.258 e. The predicted octanol–water partition coefficient (Wildman–Crippen LogP) is 4.89. The molecule has 1 aliphatic rings. The molecule has 1 aromatic heterocycles. The number of halogens is 1. The molecule has 7 nitrogen and oxygen atoms in total. The van der Waals surface area contributed by atoms with Gasteiger partial charge in [-0.05, 0) is 60.3 Å². The standard InChI is InChI=1S/C21H27BrN4O3S/c1-3-28-18-10-15(11-23-26-21-24-14(2)13-30-21)9-17(22)20(18)29-12-19(27)25-16-7-5-4-6-8-16/h9-11,13,16H,3-8,12H2,1-2H3,(H,24,26)(H,25,27). The van der Waals surface area contributed by atoms with Crippen LogP contribution in [0, 0.1) is 6.92 Å². The quantitative estimate of drug-likeness (QED) is 0.383. The fourth-order valence-corrected chi connectivity index (χ4v) is 4.50. The van der Waals surface area contributed by atoms with Crippen molar-refractivity contribution in [2.75, 3.05) is 18.6 Å². The molecule has 1 aliphatic carbocycles. The Morgan fingerprint density at radius 2 is 2.13 bits per heavy atom. The first-order chi connectivity index (χ1) is 14.5. The molecular formula is C21H27BrN4O3S. The number of benzene rings is 1. The molecule has 0 radical (unpaired) electrons. The van der Waals surface area contributed by atoms with Crippen molar-refractivity contribution < 1.29 is 14.3 Å². The van der Waals surface area contributed by atoms with Gasteiger partial charge < -0.3 is 14.8 Å². The summed E-state index contributed by atoms with van der Waals surface area (Å²) in [4.78, 5) is 16.6. The molecule has 0 unspecified atom stereocenters. The summed E-state index contributed by atoms with van der Waals surface area (Å²) in [5.74, 6) is 0.963. The molecule has 1 aromatic carbocycles. The Kier molecular flexibility index (Phi) is 8.50. The van der Waals surface area contributed by atoms with Gasteiger partial charge in [0.2, 0.25) is 5.13 Å². The first-order valence-electron chi connectivity index (χ1n) is 10.1. The Labute approximate surface area is 189 Å². The Hall–Kier alpha value is -2.13. The molecule has 2 N–H and O–H groups in total. The van der Waals surface area contributed by atoms with Crippen LogP contribution in [0.25, 0.3) is 0 Å². The number of nitrogens with zero attached hydrogens (tertiary/aromatic N) is 2. The summed E-state index contributed by atoms with van der Waals surface area (Å²) < 4.78 is 12.2. The van der Waals surface area contributed by atoms with Crippen LogP contribution in [0.3, 0.4) is 0 Å². The fourth-order valence-electron chi connectivity index (χ4n) is 3.29. The number of carbonyl (C=O) groups is 1. The minimum atomic E-state index is -0.107. The second-order valence-corrected chi connectivity index (χ2v) is 8.83. The summed E-state index contributed by atoms with van der Waals surface area (Å²) in [7, 11) is 0. The van der Waals surface area contributed by atoms with Crippen molar-refractivity contribution in [1.82, 2.24) is 10.3 Å². The van der Waals surface area contributed by atoms with Crippen molar-refractivity contribution in [3.63, 3.8) is 0 Å². The zero-order valence-electron chi connectivity index (χ0n) is 17.2. The van der Waals surface area contributed by atoms with E-state index < -0.39 is 0 Å². The number of carbonyl (C=O) groups excluding carboxylic acids is 1.